The summed E-state index contributed by atoms with van der Waals surface area (Å²) in [6.07, 6.45) is 1.86. The van der Waals surface area contributed by atoms with Crippen molar-refractivity contribution in [1.82, 2.24) is 0 Å². The SMILES string of the molecule is CCCC(C[N+](=O)[O-])c1ccccc1. The van der Waals surface area contributed by atoms with Gasteiger partial charge < -0.3 is 0 Å². The average Bonchev–Trinajstić information content (AvgIpc) is 2.18. The number of hydrogen-bond donors (Lipinski definition) is 0. The van der Waals surface area contributed by atoms with Crippen LogP contribution in [0.2, 0.25) is 0 Å². The third-order valence-electron chi connectivity index (χ3n) is 2.28. The Morgan fingerprint density at radius 2 is 2.00 bits per heavy atom. The Morgan fingerprint density at radius 3 is 2.50 bits per heavy atom. The van der Waals surface area contributed by atoms with Crippen LogP contribution >= 0.6 is 0 Å². The van der Waals surface area contributed by atoms with Crippen molar-refractivity contribution in [3.63, 3.8) is 0 Å². The van der Waals surface area contributed by atoms with Crippen molar-refractivity contribution in [1.29, 1.82) is 0 Å². The fraction of sp³-hybridized carbons (Fsp3) is 0.455. The Hall–Kier alpha value is -1.38. The minimum atomic E-state index is -0.229. The molecule has 3 heteroatoms. The minimum Gasteiger partial charge on any atom is -0.265 e. The van der Waals surface area contributed by atoms with Crippen LogP contribution in [0, 0.1) is 10.1 Å². The fourth-order valence-corrected chi connectivity index (χ4v) is 1.62. The molecule has 1 rings (SSSR count). The zero-order chi connectivity index (χ0) is 10.4. The first-order valence-electron chi connectivity index (χ1n) is 4.90. The molecule has 0 aliphatic carbocycles. The van der Waals surface area contributed by atoms with Crippen LogP contribution < -0.4 is 0 Å². The largest absolute Gasteiger partial charge is 0.265 e. The molecular weight excluding hydrogens is 178 g/mol. The topological polar surface area (TPSA) is 43.1 Å². The lowest BCUT2D eigenvalue weighted by molar-refractivity contribution is -0.483. The van der Waals surface area contributed by atoms with Crippen LogP contribution in [0.3, 0.4) is 0 Å². The van der Waals surface area contributed by atoms with Gasteiger partial charge >= 0.3 is 0 Å². The van der Waals surface area contributed by atoms with Crippen molar-refractivity contribution >= 4 is 0 Å². The lowest BCUT2D eigenvalue weighted by Gasteiger charge is -2.11. The molecule has 0 amide bonds. The summed E-state index contributed by atoms with van der Waals surface area (Å²) < 4.78 is 0. The molecule has 14 heavy (non-hydrogen) atoms. The van der Waals surface area contributed by atoms with Gasteiger partial charge in [-0.05, 0) is 12.0 Å². The Labute approximate surface area is 83.9 Å². The van der Waals surface area contributed by atoms with Gasteiger partial charge in [-0.2, -0.15) is 0 Å². The highest BCUT2D eigenvalue weighted by molar-refractivity contribution is 5.19. The molecule has 0 saturated carbocycles. The van der Waals surface area contributed by atoms with Gasteiger partial charge in [0.15, 0.2) is 0 Å². The minimum absolute atomic E-state index is 0.0395. The zero-order valence-electron chi connectivity index (χ0n) is 8.35. The van der Waals surface area contributed by atoms with Gasteiger partial charge in [0, 0.05) is 10.8 Å². The number of benzene rings is 1. The summed E-state index contributed by atoms with van der Waals surface area (Å²) in [4.78, 5) is 10.2. The first-order valence-corrected chi connectivity index (χ1v) is 4.90. The van der Waals surface area contributed by atoms with E-state index in [0.29, 0.717) is 0 Å². The molecule has 0 aromatic heterocycles. The molecule has 0 saturated heterocycles. The van der Waals surface area contributed by atoms with E-state index in [0.717, 1.165) is 18.4 Å². The Morgan fingerprint density at radius 1 is 1.36 bits per heavy atom. The molecule has 3 nitrogen and oxygen atoms in total. The monoisotopic (exact) mass is 193 g/mol. The summed E-state index contributed by atoms with van der Waals surface area (Å²) in [7, 11) is 0. The Balaban J connectivity index is 2.72. The molecule has 1 aromatic carbocycles. The molecule has 0 aliphatic heterocycles. The van der Waals surface area contributed by atoms with E-state index in [9.17, 15) is 10.1 Å². The van der Waals surface area contributed by atoms with Crippen LogP contribution in [0.25, 0.3) is 0 Å². The molecule has 1 unspecified atom stereocenters. The van der Waals surface area contributed by atoms with Crippen LogP contribution in [-0.4, -0.2) is 11.5 Å². The third kappa shape index (κ3) is 3.17. The highest BCUT2D eigenvalue weighted by Crippen LogP contribution is 2.20. The van der Waals surface area contributed by atoms with Gasteiger partial charge in [-0.1, -0.05) is 43.7 Å². The highest BCUT2D eigenvalue weighted by atomic mass is 16.6. The van der Waals surface area contributed by atoms with Crippen molar-refractivity contribution in [3.05, 3.63) is 46.0 Å². The van der Waals surface area contributed by atoms with E-state index in [2.05, 4.69) is 6.92 Å². The molecule has 76 valence electrons. The van der Waals surface area contributed by atoms with Crippen molar-refractivity contribution in [2.75, 3.05) is 6.54 Å². The van der Waals surface area contributed by atoms with E-state index in [1.165, 1.54) is 0 Å². The first-order chi connectivity index (χ1) is 6.74. The van der Waals surface area contributed by atoms with Gasteiger partial charge in [0.1, 0.15) is 0 Å². The van der Waals surface area contributed by atoms with Gasteiger partial charge in [0.05, 0.1) is 0 Å². The Bertz CT molecular complexity index is 285. The van der Waals surface area contributed by atoms with Crippen LogP contribution in [0.15, 0.2) is 30.3 Å². The van der Waals surface area contributed by atoms with Gasteiger partial charge in [0.25, 0.3) is 0 Å². The van der Waals surface area contributed by atoms with Crippen molar-refractivity contribution in [2.45, 2.75) is 25.7 Å². The number of nitrogens with zero attached hydrogens (tertiary/aromatic N) is 1. The van der Waals surface area contributed by atoms with E-state index < -0.39 is 0 Å². The predicted molar refractivity (Wildman–Crippen MR) is 56.0 cm³/mol. The number of nitro groups is 1. The molecular formula is C11H15NO2. The summed E-state index contributed by atoms with van der Waals surface area (Å²) >= 11 is 0. The van der Waals surface area contributed by atoms with Crippen molar-refractivity contribution < 1.29 is 4.92 Å². The zero-order valence-corrected chi connectivity index (χ0v) is 8.35. The Kier molecular flexibility index (Phi) is 4.11. The van der Waals surface area contributed by atoms with Gasteiger partial charge in [-0.15, -0.1) is 0 Å². The van der Waals surface area contributed by atoms with Crippen molar-refractivity contribution in [2.24, 2.45) is 0 Å². The van der Waals surface area contributed by atoms with E-state index in [1.807, 2.05) is 30.3 Å². The molecule has 1 atom stereocenters. The van der Waals surface area contributed by atoms with Gasteiger partial charge in [-0.3, -0.25) is 10.1 Å². The van der Waals surface area contributed by atoms with E-state index in [-0.39, 0.29) is 17.4 Å². The van der Waals surface area contributed by atoms with Gasteiger partial charge in [0.2, 0.25) is 6.54 Å². The van der Waals surface area contributed by atoms with Gasteiger partial charge in [-0.25, -0.2) is 0 Å². The molecule has 0 bridgehead atoms. The quantitative estimate of drug-likeness (QED) is 0.533. The molecule has 0 aliphatic rings. The molecule has 0 spiro atoms. The predicted octanol–water partition coefficient (Wildman–Crippen LogP) is 2.85. The van der Waals surface area contributed by atoms with Crippen LogP contribution in [0.1, 0.15) is 31.2 Å². The lowest BCUT2D eigenvalue weighted by Crippen LogP contribution is -2.12. The lowest BCUT2D eigenvalue weighted by atomic mass is 9.95. The second kappa shape index (κ2) is 5.37. The maximum atomic E-state index is 10.5. The van der Waals surface area contributed by atoms with Crippen LogP contribution in [0.5, 0.6) is 0 Å². The average molecular weight is 193 g/mol. The summed E-state index contributed by atoms with van der Waals surface area (Å²) in [5.41, 5.74) is 1.08. The van der Waals surface area contributed by atoms with Crippen LogP contribution in [-0.2, 0) is 0 Å². The smallest absolute Gasteiger partial charge is 0.210 e. The molecule has 0 radical (unpaired) electrons. The molecule has 0 fully saturated rings. The summed E-state index contributed by atoms with van der Waals surface area (Å²) in [6, 6.07) is 9.71. The second-order valence-electron chi connectivity index (χ2n) is 3.41. The summed E-state index contributed by atoms with van der Waals surface area (Å²) in [5, 5.41) is 10.5. The van der Waals surface area contributed by atoms with E-state index in [1.54, 1.807) is 0 Å². The second-order valence-corrected chi connectivity index (χ2v) is 3.41. The fourth-order valence-electron chi connectivity index (χ4n) is 1.62. The van der Waals surface area contributed by atoms with Crippen LogP contribution in [0.4, 0.5) is 0 Å². The first kappa shape index (κ1) is 10.7. The third-order valence-corrected chi connectivity index (χ3v) is 2.28. The van der Waals surface area contributed by atoms with Crippen molar-refractivity contribution in [3.8, 4) is 0 Å². The maximum Gasteiger partial charge on any atom is 0.210 e. The standard InChI is InChI=1S/C11H15NO2/c1-2-6-11(9-12(13)14)10-7-4-3-5-8-10/h3-5,7-8,11H,2,6,9H2,1H3. The molecule has 0 heterocycles. The normalized spacial score (nSPS) is 12.4. The highest BCUT2D eigenvalue weighted by Gasteiger charge is 2.15. The number of rotatable bonds is 5. The van der Waals surface area contributed by atoms with E-state index >= 15 is 0 Å². The summed E-state index contributed by atoms with van der Waals surface area (Å²) in [6.45, 7) is 2.09. The maximum absolute atomic E-state index is 10.5. The van der Waals surface area contributed by atoms with E-state index in [4.69, 9.17) is 0 Å². The summed E-state index contributed by atoms with van der Waals surface area (Å²) in [5.74, 6) is 0.0659. The molecule has 1 aromatic rings. The number of hydrogen-bond acceptors (Lipinski definition) is 2. The molecule has 0 N–H and O–H groups in total.